The molecule has 0 saturated heterocycles. The quantitative estimate of drug-likeness (QED) is 0.685. The van der Waals surface area contributed by atoms with E-state index in [9.17, 15) is 9.59 Å². The number of nitrogens with zero attached hydrogens (tertiary/aromatic N) is 2. The van der Waals surface area contributed by atoms with Gasteiger partial charge in [0, 0.05) is 13.1 Å². The number of amides is 2. The topological polar surface area (TPSA) is 76.0 Å². The normalized spacial score (nSPS) is 14.2. The van der Waals surface area contributed by atoms with Gasteiger partial charge in [0.25, 0.3) is 11.8 Å². The van der Waals surface area contributed by atoms with Crippen molar-refractivity contribution in [3.63, 3.8) is 0 Å². The third kappa shape index (κ3) is 4.61. The zero-order chi connectivity index (χ0) is 19.9. The van der Waals surface area contributed by atoms with E-state index in [-0.39, 0.29) is 17.9 Å². The van der Waals surface area contributed by atoms with Crippen LogP contribution in [0.25, 0.3) is 0 Å². The molecule has 1 aliphatic heterocycles. The van der Waals surface area contributed by atoms with Crippen molar-refractivity contribution >= 4 is 11.8 Å². The van der Waals surface area contributed by atoms with Crippen LogP contribution in [0.5, 0.6) is 0 Å². The minimum absolute atomic E-state index is 0.124. The Morgan fingerprint density at radius 3 is 2.68 bits per heavy atom. The first-order chi connectivity index (χ1) is 13.6. The molecule has 150 valence electrons. The summed E-state index contributed by atoms with van der Waals surface area (Å²) in [6, 6.07) is 9.72. The first-order valence-corrected chi connectivity index (χ1v) is 10.3. The lowest BCUT2D eigenvalue weighted by molar-refractivity contribution is 0.0933. The zero-order valence-corrected chi connectivity index (χ0v) is 16.8. The van der Waals surface area contributed by atoms with Crippen molar-refractivity contribution in [1.29, 1.82) is 0 Å². The van der Waals surface area contributed by atoms with E-state index < -0.39 is 0 Å². The SMILES string of the molecule is CCCCCNC(=O)c1nc(C(=O)NC(C)c2ccccc2)c2n1CCCC2. The molecule has 1 aromatic carbocycles. The van der Waals surface area contributed by atoms with Gasteiger partial charge in [0.05, 0.1) is 11.7 Å². The predicted molar refractivity (Wildman–Crippen MR) is 109 cm³/mol. The molecule has 28 heavy (non-hydrogen) atoms. The number of aromatic nitrogens is 2. The van der Waals surface area contributed by atoms with Crippen LogP contribution in [0.2, 0.25) is 0 Å². The number of carbonyl (C=O) groups excluding carboxylic acids is 2. The number of nitrogens with one attached hydrogen (secondary N) is 2. The predicted octanol–water partition coefficient (Wildman–Crippen LogP) is 3.63. The molecule has 2 aromatic rings. The van der Waals surface area contributed by atoms with E-state index >= 15 is 0 Å². The second-order valence-electron chi connectivity index (χ2n) is 7.41. The van der Waals surface area contributed by atoms with Crippen molar-refractivity contribution in [3.05, 3.63) is 53.1 Å². The summed E-state index contributed by atoms with van der Waals surface area (Å²) in [5.41, 5.74) is 2.31. The Balaban J connectivity index is 1.76. The molecule has 2 heterocycles. The van der Waals surface area contributed by atoms with E-state index in [1.54, 1.807) is 0 Å². The van der Waals surface area contributed by atoms with E-state index in [0.29, 0.717) is 18.1 Å². The van der Waals surface area contributed by atoms with Crippen molar-refractivity contribution in [2.45, 2.75) is 65.0 Å². The van der Waals surface area contributed by atoms with Crippen LogP contribution in [-0.2, 0) is 13.0 Å². The Bertz CT molecular complexity index is 813. The van der Waals surface area contributed by atoms with Crippen LogP contribution in [0, 0.1) is 0 Å². The summed E-state index contributed by atoms with van der Waals surface area (Å²) in [7, 11) is 0. The highest BCUT2D eigenvalue weighted by molar-refractivity contribution is 5.97. The van der Waals surface area contributed by atoms with Crippen molar-refractivity contribution < 1.29 is 9.59 Å². The maximum Gasteiger partial charge on any atom is 0.287 e. The molecule has 2 amide bonds. The fourth-order valence-electron chi connectivity index (χ4n) is 3.64. The van der Waals surface area contributed by atoms with Gasteiger partial charge in [0.1, 0.15) is 5.69 Å². The third-order valence-electron chi connectivity index (χ3n) is 5.25. The molecule has 0 fully saturated rings. The molecule has 0 saturated carbocycles. The summed E-state index contributed by atoms with van der Waals surface area (Å²) in [6.45, 7) is 5.47. The Morgan fingerprint density at radius 2 is 1.93 bits per heavy atom. The molecule has 6 nitrogen and oxygen atoms in total. The number of fused-ring (bicyclic) bond motifs is 1. The summed E-state index contributed by atoms with van der Waals surface area (Å²) in [4.78, 5) is 30.0. The lowest BCUT2D eigenvalue weighted by Gasteiger charge is -2.18. The monoisotopic (exact) mass is 382 g/mol. The van der Waals surface area contributed by atoms with Crippen LogP contribution in [-0.4, -0.2) is 27.9 Å². The summed E-state index contributed by atoms with van der Waals surface area (Å²) in [6.07, 6.45) is 5.94. The molecule has 1 aliphatic rings. The second-order valence-corrected chi connectivity index (χ2v) is 7.41. The fourth-order valence-corrected chi connectivity index (χ4v) is 3.64. The molecule has 6 heteroatoms. The number of benzene rings is 1. The molecule has 0 radical (unpaired) electrons. The Hall–Kier alpha value is -2.63. The molecular formula is C22H30N4O2. The number of imidazole rings is 1. The highest BCUT2D eigenvalue weighted by Gasteiger charge is 2.28. The van der Waals surface area contributed by atoms with Gasteiger partial charge in [0.2, 0.25) is 0 Å². The largest absolute Gasteiger partial charge is 0.349 e. The lowest BCUT2D eigenvalue weighted by atomic mass is 10.1. The van der Waals surface area contributed by atoms with Crippen LogP contribution in [0.3, 0.4) is 0 Å². The van der Waals surface area contributed by atoms with Crippen LogP contribution in [0.15, 0.2) is 30.3 Å². The standard InChI is InChI=1S/C22H30N4O2/c1-3-4-9-14-23-22(28)20-25-19(18-13-8-10-15-26(18)20)21(27)24-16(2)17-11-6-5-7-12-17/h5-7,11-12,16H,3-4,8-10,13-15H2,1-2H3,(H,23,28)(H,24,27). The molecule has 0 spiro atoms. The number of hydrogen-bond acceptors (Lipinski definition) is 3. The first kappa shape index (κ1) is 20.1. The highest BCUT2D eigenvalue weighted by Crippen LogP contribution is 2.22. The second kappa shape index (κ2) is 9.53. The van der Waals surface area contributed by atoms with Crippen LogP contribution in [0.4, 0.5) is 0 Å². The van der Waals surface area contributed by atoms with Gasteiger partial charge in [-0.2, -0.15) is 0 Å². The molecule has 1 unspecified atom stereocenters. The van der Waals surface area contributed by atoms with Gasteiger partial charge in [-0.3, -0.25) is 9.59 Å². The maximum absolute atomic E-state index is 12.9. The van der Waals surface area contributed by atoms with Gasteiger partial charge in [-0.05, 0) is 38.2 Å². The molecular weight excluding hydrogens is 352 g/mol. The van der Waals surface area contributed by atoms with E-state index in [1.807, 2.05) is 41.8 Å². The first-order valence-electron chi connectivity index (χ1n) is 10.3. The summed E-state index contributed by atoms with van der Waals surface area (Å²) in [5, 5.41) is 5.98. The van der Waals surface area contributed by atoms with Gasteiger partial charge in [-0.25, -0.2) is 4.98 Å². The lowest BCUT2D eigenvalue weighted by Crippen LogP contribution is -2.28. The van der Waals surface area contributed by atoms with Crippen LogP contribution < -0.4 is 10.6 Å². The molecule has 1 atom stereocenters. The molecule has 3 rings (SSSR count). The average Bonchev–Trinajstić information content (AvgIpc) is 3.11. The highest BCUT2D eigenvalue weighted by atomic mass is 16.2. The van der Waals surface area contributed by atoms with E-state index in [0.717, 1.165) is 56.3 Å². The van der Waals surface area contributed by atoms with Gasteiger partial charge in [0.15, 0.2) is 5.82 Å². The number of rotatable bonds is 8. The van der Waals surface area contributed by atoms with E-state index in [4.69, 9.17) is 0 Å². The summed E-state index contributed by atoms with van der Waals surface area (Å²) < 4.78 is 1.93. The van der Waals surface area contributed by atoms with Gasteiger partial charge < -0.3 is 15.2 Å². The summed E-state index contributed by atoms with van der Waals surface area (Å²) in [5.74, 6) is -0.0369. The Labute approximate surface area is 166 Å². The minimum atomic E-state index is -0.216. The van der Waals surface area contributed by atoms with Gasteiger partial charge in [-0.1, -0.05) is 50.1 Å². The molecule has 0 bridgehead atoms. The molecule has 0 aliphatic carbocycles. The van der Waals surface area contributed by atoms with Gasteiger partial charge in [-0.15, -0.1) is 0 Å². The Kier molecular flexibility index (Phi) is 6.85. The maximum atomic E-state index is 12.9. The molecule has 1 aromatic heterocycles. The molecule has 2 N–H and O–H groups in total. The van der Waals surface area contributed by atoms with Crippen LogP contribution >= 0.6 is 0 Å². The fraction of sp³-hybridized carbons (Fsp3) is 0.500. The number of unbranched alkanes of at least 4 members (excludes halogenated alkanes) is 2. The number of carbonyl (C=O) groups is 2. The van der Waals surface area contributed by atoms with E-state index in [1.165, 1.54) is 0 Å². The minimum Gasteiger partial charge on any atom is -0.349 e. The van der Waals surface area contributed by atoms with Crippen molar-refractivity contribution in [1.82, 2.24) is 20.2 Å². The van der Waals surface area contributed by atoms with Crippen molar-refractivity contribution in [3.8, 4) is 0 Å². The Morgan fingerprint density at radius 1 is 1.14 bits per heavy atom. The van der Waals surface area contributed by atoms with Crippen LogP contribution in [0.1, 0.15) is 84.4 Å². The van der Waals surface area contributed by atoms with Crippen molar-refractivity contribution in [2.75, 3.05) is 6.54 Å². The number of hydrogen-bond donors (Lipinski definition) is 2. The summed E-state index contributed by atoms with van der Waals surface area (Å²) >= 11 is 0. The van der Waals surface area contributed by atoms with E-state index in [2.05, 4.69) is 22.5 Å². The average molecular weight is 383 g/mol. The van der Waals surface area contributed by atoms with Gasteiger partial charge >= 0.3 is 0 Å². The van der Waals surface area contributed by atoms with Crippen molar-refractivity contribution in [2.24, 2.45) is 0 Å². The smallest absolute Gasteiger partial charge is 0.287 e. The third-order valence-corrected chi connectivity index (χ3v) is 5.25. The zero-order valence-electron chi connectivity index (χ0n) is 16.8.